The molecule has 0 aliphatic carbocycles. The lowest BCUT2D eigenvalue weighted by molar-refractivity contribution is -0.145. The first kappa shape index (κ1) is 16.9. The van der Waals surface area contributed by atoms with Crippen LogP contribution in [-0.2, 0) is 14.3 Å². The van der Waals surface area contributed by atoms with Crippen LogP contribution in [0.3, 0.4) is 0 Å². The van der Waals surface area contributed by atoms with Crippen molar-refractivity contribution in [2.75, 3.05) is 13.9 Å². The molecule has 1 atom stereocenters. The molecule has 1 N–H and O–H groups in total. The summed E-state index contributed by atoms with van der Waals surface area (Å²) in [6.45, 7) is 5.59. The SMILES string of the molecule is COC(=O)C(NC(=O)/C(C)=C/c1ccc2c(c1)OCO2)C(C)C. The third kappa shape index (κ3) is 4.03. The van der Waals surface area contributed by atoms with E-state index >= 15 is 0 Å². The Kier molecular flexibility index (Phi) is 5.26. The number of ether oxygens (including phenoxy) is 3. The maximum absolute atomic E-state index is 12.3. The molecule has 1 aromatic rings. The normalized spacial score (nSPS) is 14.6. The lowest BCUT2D eigenvalue weighted by atomic mass is 10.0. The molecular weight excluding hydrogens is 298 g/mol. The fourth-order valence-electron chi connectivity index (χ4n) is 2.20. The van der Waals surface area contributed by atoms with Crippen molar-refractivity contribution in [3.05, 3.63) is 29.3 Å². The monoisotopic (exact) mass is 319 g/mol. The van der Waals surface area contributed by atoms with Crippen LogP contribution in [0.2, 0.25) is 0 Å². The van der Waals surface area contributed by atoms with Gasteiger partial charge in [0.15, 0.2) is 11.5 Å². The highest BCUT2D eigenvalue weighted by atomic mass is 16.7. The van der Waals surface area contributed by atoms with Crippen LogP contribution in [-0.4, -0.2) is 31.8 Å². The second-order valence-electron chi connectivity index (χ2n) is 5.66. The van der Waals surface area contributed by atoms with Gasteiger partial charge in [0.1, 0.15) is 6.04 Å². The average molecular weight is 319 g/mol. The minimum absolute atomic E-state index is 0.0651. The quantitative estimate of drug-likeness (QED) is 0.665. The summed E-state index contributed by atoms with van der Waals surface area (Å²) in [4.78, 5) is 24.0. The lowest BCUT2D eigenvalue weighted by Gasteiger charge is -2.19. The van der Waals surface area contributed by atoms with Crippen molar-refractivity contribution in [2.24, 2.45) is 5.92 Å². The van der Waals surface area contributed by atoms with Gasteiger partial charge in [-0.2, -0.15) is 0 Å². The fraction of sp³-hybridized carbons (Fsp3) is 0.412. The number of carbonyl (C=O) groups excluding carboxylic acids is 2. The highest BCUT2D eigenvalue weighted by Gasteiger charge is 2.25. The first-order valence-corrected chi connectivity index (χ1v) is 7.39. The maximum Gasteiger partial charge on any atom is 0.328 e. The number of fused-ring (bicyclic) bond motifs is 1. The van der Waals surface area contributed by atoms with Crippen molar-refractivity contribution in [3.63, 3.8) is 0 Å². The van der Waals surface area contributed by atoms with Gasteiger partial charge in [-0.3, -0.25) is 4.79 Å². The summed E-state index contributed by atoms with van der Waals surface area (Å²) >= 11 is 0. The van der Waals surface area contributed by atoms with E-state index in [1.165, 1.54) is 7.11 Å². The van der Waals surface area contributed by atoms with Gasteiger partial charge in [0, 0.05) is 5.57 Å². The van der Waals surface area contributed by atoms with E-state index in [1.54, 1.807) is 25.1 Å². The Morgan fingerprint density at radius 1 is 1.26 bits per heavy atom. The molecule has 1 amide bonds. The summed E-state index contributed by atoms with van der Waals surface area (Å²) in [5.74, 6) is 0.511. The van der Waals surface area contributed by atoms with Crippen LogP contribution in [0.25, 0.3) is 6.08 Å². The number of esters is 1. The van der Waals surface area contributed by atoms with Crippen molar-refractivity contribution in [3.8, 4) is 11.5 Å². The van der Waals surface area contributed by atoms with Gasteiger partial charge in [-0.15, -0.1) is 0 Å². The highest BCUT2D eigenvalue weighted by Crippen LogP contribution is 2.33. The number of benzene rings is 1. The van der Waals surface area contributed by atoms with E-state index in [-0.39, 0.29) is 18.6 Å². The van der Waals surface area contributed by atoms with Crippen molar-refractivity contribution < 1.29 is 23.8 Å². The number of rotatable bonds is 5. The Labute approximate surface area is 135 Å². The summed E-state index contributed by atoms with van der Waals surface area (Å²) in [5, 5.41) is 2.70. The predicted octanol–water partition coefficient (Wildman–Crippen LogP) is 2.13. The van der Waals surface area contributed by atoms with Crippen LogP contribution < -0.4 is 14.8 Å². The van der Waals surface area contributed by atoms with Crippen molar-refractivity contribution in [1.29, 1.82) is 0 Å². The second-order valence-corrected chi connectivity index (χ2v) is 5.66. The molecule has 124 valence electrons. The number of nitrogens with one attached hydrogen (secondary N) is 1. The van der Waals surface area contributed by atoms with Crippen LogP contribution in [0.15, 0.2) is 23.8 Å². The number of hydrogen-bond acceptors (Lipinski definition) is 5. The van der Waals surface area contributed by atoms with E-state index in [0.29, 0.717) is 17.1 Å². The Morgan fingerprint density at radius 2 is 1.96 bits per heavy atom. The smallest absolute Gasteiger partial charge is 0.328 e. The van der Waals surface area contributed by atoms with E-state index in [1.807, 2.05) is 19.9 Å². The summed E-state index contributed by atoms with van der Waals surface area (Å²) in [5.41, 5.74) is 1.31. The molecule has 0 saturated carbocycles. The predicted molar refractivity (Wildman–Crippen MR) is 85.0 cm³/mol. The van der Waals surface area contributed by atoms with Crippen LogP contribution in [0, 0.1) is 5.92 Å². The van der Waals surface area contributed by atoms with E-state index < -0.39 is 12.0 Å². The minimum Gasteiger partial charge on any atom is -0.467 e. The molecule has 1 aromatic carbocycles. The Bertz CT molecular complexity index is 636. The molecule has 1 aliphatic rings. The molecule has 23 heavy (non-hydrogen) atoms. The molecule has 1 heterocycles. The van der Waals surface area contributed by atoms with Gasteiger partial charge in [0.05, 0.1) is 7.11 Å². The molecule has 0 spiro atoms. The van der Waals surface area contributed by atoms with Gasteiger partial charge in [0.2, 0.25) is 12.7 Å². The van der Waals surface area contributed by atoms with Crippen LogP contribution in [0.1, 0.15) is 26.3 Å². The van der Waals surface area contributed by atoms with Crippen molar-refractivity contribution in [2.45, 2.75) is 26.8 Å². The third-order valence-electron chi connectivity index (χ3n) is 3.55. The topological polar surface area (TPSA) is 73.9 Å². The molecule has 0 radical (unpaired) electrons. The van der Waals surface area contributed by atoms with Crippen LogP contribution in [0.5, 0.6) is 11.5 Å². The standard InChI is InChI=1S/C17H21NO5/c1-10(2)15(17(20)21-4)18-16(19)11(3)7-12-5-6-13-14(8-12)23-9-22-13/h5-8,10,15H,9H2,1-4H3,(H,18,19)/b11-7+. The van der Waals surface area contributed by atoms with E-state index in [0.717, 1.165) is 5.56 Å². The van der Waals surface area contributed by atoms with Crippen molar-refractivity contribution in [1.82, 2.24) is 5.32 Å². The third-order valence-corrected chi connectivity index (χ3v) is 3.55. The summed E-state index contributed by atoms with van der Waals surface area (Å²) in [7, 11) is 1.30. The Hall–Kier alpha value is -2.50. The first-order valence-electron chi connectivity index (χ1n) is 7.39. The second kappa shape index (κ2) is 7.17. The molecule has 2 rings (SSSR count). The largest absolute Gasteiger partial charge is 0.467 e. The van der Waals surface area contributed by atoms with Gasteiger partial charge in [-0.1, -0.05) is 19.9 Å². The van der Waals surface area contributed by atoms with Gasteiger partial charge in [-0.25, -0.2) is 4.79 Å². The number of carbonyl (C=O) groups is 2. The van der Waals surface area contributed by atoms with Crippen LogP contribution >= 0.6 is 0 Å². The molecule has 1 aliphatic heterocycles. The van der Waals surface area contributed by atoms with E-state index in [2.05, 4.69) is 5.32 Å². The van der Waals surface area contributed by atoms with Crippen LogP contribution in [0.4, 0.5) is 0 Å². The van der Waals surface area contributed by atoms with Gasteiger partial charge < -0.3 is 19.5 Å². The summed E-state index contributed by atoms with van der Waals surface area (Å²) in [6, 6.07) is 4.77. The molecule has 1 unspecified atom stereocenters. The highest BCUT2D eigenvalue weighted by molar-refractivity contribution is 5.99. The van der Waals surface area contributed by atoms with Crippen molar-refractivity contribution >= 4 is 18.0 Å². The average Bonchev–Trinajstić information content (AvgIpc) is 2.98. The Morgan fingerprint density at radius 3 is 2.61 bits per heavy atom. The van der Waals surface area contributed by atoms with E-state index in [9.17, 15) is 9.59 Å². The lowest BCUT2D eigenvalue weighted by Crippen LogP contribution is -2.45. The molecule has 6 heteroatoms. The zero-order valence-electron chi connectivity index (χ0n) is 13.7. The minimum atomic E-state index is -0.674. The molecule has 6 nitrogen and oxygen atoms in total. The number of methoxy groups -OCH3 is 1. The molecule has 0 aromatic heterocycles. The van der Waals surface area contributed by atoms with Gasteiger partial charge in [0.25, 0.3) is 0 Å². The summed E-state index contributed by atoms with van der Waals surface area (Å²) in [6.07, 6.45) is 1.73. The van der Waals surface area contributed by atoms with Gasteiger partial charge >= 0.3 is 5.97 Å². The fourth-order valence-corrected chi connectivity index (χ4v) is 2.20. The zero-order valence-corrected chi connectivity index (χ0v) is 13.7. The Balaban J connectivity index is 2.10. The number of hydrogen-bond donors (Lipinski definition) is 1. The number of amides is 1. The molecule has 0 bridgehead atoms. The molecule has 0 fully saturated rings. The van der Waals surface area contributed by atoms with E-state index in [4.69, 9.17) is 14.2 Å². The summed E-state index contributed by atoms with van der Waals surface area (Å²) < 4.78 is 15.3. The van der Waals surface area contributed by atoms with Gasteiger partial charge in [-0.05, 0) is 36.6 Å². The molecular formula is C17H21NO5. The zero-order chi connectivity index (χ0) is 17.0. The first-order chi connectivity index (χ1) is 10.9. The maximum atomic E-state index is 12.3. The molecule has 0 saturated heterocycles.